The number of aromatic nitrogens is 1. The van der Waals surface area contributed by atoms with Crippen LogP contribution in [0, 0.1) is 6.92 Å². The number of halogens is 1. The Hall–Kier alpha value is -2.12. The summed E-state index contributed by atoms with van der Waals surface area (Å²) < 4.78 is 24.6. The lowest BCUT2D eigenvalue weighted by molar-refractivity contribution is 0.102. The van der Waals surface area contributed by atoms with Crippen molar-refractivity contribution in [1.82, 2.24) is 4.98 Å². The minimum atomic E-state index is -3.40. The highest BCUT2D eigenvalue weighted by Crippen LogP contribution is 2.22. The maximum atomic E-state index is 12.1. The second kappa shape index (κ2) is 6.33. The van der Waals surface area contributed by atoms with Gasteiger partial charge < -0.3 is 5.32 Å². The van der Waals surface area contributed by atoms with Crippen LogP contribution < -0.4 is 10.0 Å². The van der Waals surface area contributed by atoms with E-state index in [-0.39, 0.29) is 16.3 Å². The van der Waals surface area contributed by atoms with Crippen LogP contribution >= 0.6 is 11.6 Å². The van der Waals surface area contributed by atoms with Crippen molar-refractivity contribution in [2.24, 2.45) is 0 Å². The van der Waals surface area contributed by atoms with Crippen LogP contribution in [0.2, 0.25) is 5.02 Å². The molecular formula is C14H14ClN3O3S. The number of hydrogen-bond donors (Lipinski definition) is 2. The molecule has 2 rings (SSSR count). The summed E-state index contributed by atoms with van der Waals surface area (Å²) in [7, 11) is -3.40. The summed E-state index contributed by atoms with van der Waals surface area (Å²) in [5.41, 5.74) is 1.49. The first kappa shape index (κ1) is 16.3. The average Bonchev–Trinajstić information content (AvgIpc) is 2.39. The van der Waals surface area contributed by atoms with Gasteiger partial charge in [-0.15, -0.1) is 0 Å². The summed E-state index contributed by atoms with van der Waals surface area (Å²) in [5, 5.41) is 2.76. The lowest BCUT2D eigenvalue weighted by atomic mass is 10.2. The first-order valence-corrected chi connectivity index (χ1v) is 8.53. The van der Waals surface area contributed by atoms with Crippen LogP contribution in [0.5, 0.6) is 0 Å². The number of anilines is 2. The number of benzene rings is 1. The molecule has 1 aromatic heterocycles. The zero-order valence-electron chi connectivity index (χ0n) is 11.9. The molecule has 2 N–H and O–H groups in total. The Morgan fingerprint density at radius 1 is 1.23 bits per heavy atom. The van der Waals surface area contributed by atoms with Gasteiger partial charge in [0.05, 0.1) is 16.8 Å². The number of sulfonamides is 1. The van der Waals surface area contributed by atoms with Gasteiger partial charge >= 0.3 is 0 Å². The Labute approximate surface area is 133 Å². The molecule has 2 aromatic rings. The summed E-state index contributed by atoms with van der Waals surface area (Å²) in [6.45, 7) is 1.89. The van der Waals surface area contributed by atoms with Crippen molar-refractivity contribution in [2.75, 3.05) is 16.3 Å². The number of aryl methyl sites for hydroxylation is 1. The third kappa shape index (κ3) is 4.44. The number of nitrogens with one attached hydrogen (secondary N) is 2. The molecule has 0 aliphatic heterocycles. The summed E-state index contributed by atoms with van der Waals surface area (Å²) in [4.78, 5) is 16.2. The van der Waals surface area contributed by atoms with Crippen molar-refractivity contribution >= 4 is 39.0 Å². The Balaban J connectivity index is 2.18. The van der Waals surface area contributed by atoms with E-state index < -0.39 is 15.9 Å². The third-order valence-electron chi connectivity index (χ3n) is 2.67. The van der Waals surface area contributed by atoms with E-state index in [1.54, 1.807) is 12.3 Å². The molecule has 22 heavy (non-hydrogen) atoms. The molecule has 0 atom stereocenters. The fourth-order valence-electron chi connectivity index (χ4n) is 1.70. The first-order valence-electron chi connectivity index (χ1n) is 6.26. The molecule has 1 aromatic carbocycles. The number of carbonyl (C=O) groups excluding carboxylic acids is 1. The Bertz CT molecular complexity index is 805. The van der Waals surface area contributed by atoms with Gasteiger partial charge in [0.15, 0.2) is 0 Å². The second-order valence-corrected chi connectivity index (χ2v) is 6.90. The standard InChI is InChI=1S/C14H14ClN3O3S/c1-9-3-6-13(16-8-9)17-14(19)11-5-4-10(7-12(11)15)18-22(2,20)21/h3-8,18H,1-2H3,(H,16,17,19). The van der Waals surface area contributed by atoms with Crippen molar-refractivity contribution in [3.8, 4) is 0 Å². The number of hydrogen-bond acceptors (Lipinski definition) is 4. The van der Waals surface area contributed by atoms with Crippen LogP contribution in [0.1, 0.15) is 15.9 Å². The molecule has 6 nitrogen and oxygen atoms in total. The molecular weight excluding hydrogens is 326 g/mol. The quantitative estimate of drug-likeness (QED) is 0.896. The van der Waals surface area contributed by atoms with Crippen molar-refractivity contribution in [3.05, 3.63) is 52.7 Å². The molecule has 0 radical (unpaired) electrons. The fraction of sp³-hybridized carbons (Fsp3) is 0.143. The largest absolute Gasteiger partial charge is 0.307 e. The van der Waals surface area contributed by atoms with Gasteiger partial charge in [0.2, 0.25) is 10.0 Å². The molecule has 0 saturated carbocycles. The molecule has 0 aliphatic carbocycles. The summed E-state index contributed by atoms with van der Waals surface area (Å²) in [6, 6.07) is 7.79. The van der Waals surface area contributed by atoms with Gasteiger partial charge in [0.1, 0.15) is 5.82 Å². The molecule has 0 aliphatic rings. The highest BCUT2D eigenvalue weighted by Gasteiger charge is 2.13. The summed E-state index contributed by atoms with van der Waals surface area (Å²) >= 11 is 6.03. The van der Waals surface area contributed by atoms with Crippen LogP contribution in [0.25, 0.3) is 0 Å². The molecule has 116 valence electrons. The molecule has 0 bridgehead atoms. The Morgan fingerprint density at radius 3 is 2.50 bits per heavy atom. The molecule has 8 heteroatoms. The van der Waals surface area contributed by atoms with Crippen molar-refractivity contribution < 1.29 is 13.2 Å². The third-order valence-corrected chi connectivity index (χ3v) is 3.59. The number of rotatable bonds is 4. The van der Waals surface area contributed by atoms with Crippen molar-refractivity contribution in [3.63, 3.8) is 0 Å². The minimum Gasteiger partial charge on any atom is -0.307 e. The normalized spacial score (nSPS) is 11.0. The van der Waals surface area contributed by atoms with Crippen LogP contribution in [0.4, 0.5) is 11.5 Å². The van der Waals surface area contributed by atoms with E-state index in [2.05, 4.69) is 15.0 Å². The molecule has 1 heterocycles. The maximum absolute atomic E-state index is 12.1. The molecule has 0 saturated heterocycles. The number of amides is 1. The van der Waals surface area contributed by atoms with E-state index in [0.29, 0.717) is 5.82 Å². The van der Waals surface area contributed by atoms with Crippen molar-refractivity contribution in [1.29, 1.82) is 0 Å². The van der Waals surface area contributed by atoms with Crippen LogP contribution in [0.15, 0.2) is 36.5 Å². The lowest BCUT2D eigenvalue weighted by Crippen LogP contribution is -2.14. The van der Waals surface area contributed by atoms with E-state index in [1.165, 1.54) is 18.2 Å². The van der Waals surface area contributed by atoms with Gasteiger partial charge in [0.25, 0.3) is 5.91 Å². The molecule has 1 amide bonds. The van der Waals surface area contributed by atoms with E-state index >= 15 is 0 Å². The summed E-state index contributed by atoms with van der Waals surface area (Å²) in [5.74, 6) is -0.0164. The zero-order valence-corrected chi connectivity index (χ0v) is 13.5. The molecule has 0 spiro atoms. The van der Waals surface area contributed by atoms with Gasteiger partial charge in [-0.2, -0.15) is 0 Å². The van der Waals surface area contributed by atoms with E-state index in [0.717, 1.165) is 11.8 Å². The van der Waals surface area contributed by atoms with Gasteiger partial charge in [-0.3, -0.25) is 9.52 Å². The second-order valence-electron chi connectivity index (χ2n) is 4.74. The fourth-order valence-corrected chi connectivity index (χ4v) is 2.52. The SMILES string of the molecule is Cc1ccc(NC(=O)c2ccc(NS(C)(=O)=O)cc2Cl)nc1. The zero-order chi connectivity index (χ0) is 16.3. The van der Waals surface area contributed by atoms with Gasteiger partial charge in [-0.1, -0.05) is 17.7 Å². The van der Waals surface area contributed by atoms with Gasteiger partial charge in [0, 0.05) is 11.9 Å². The highest BCUT2D eigenvalue weighted by atomic mass is 35.5. The summed E-state index contributed by atoms with van der Waals surface area (Å²) in [6.07, 6.45) is 2.67. The molecule has 0 unspecified atom stereocenters. The predicted molar refractivity (Wildman–Crippen MR) is 86.8 cm³/mol. The topological polar surface area (TPSA) is 88.2 Å². The Morgan fingerprint density at radius 2 is 1.95 bits per heavy atom. The number of carbonyl (C=O) groups is 1. The number of nitrogens with zero attached hydrogens (tertiary/aromatic N) is 1. The monoisotopic (exact) mass is 339 g/mol. The average molecular weight is 340 g/mol. The van der Waals surface area contributed by atoms with Crippen LogP contribution in [-0.2, 0) is 10.0 Å². The van der Waals surface area contributed by atoms with Gasteiger partial charge in [-0.05, 0) is 36.8 Å². The van der Waals surface area contributed by atoms with Gasteiger partial charge in [-0.25, -0.2) is 13.4 Å². The van der Waals surface area contributed by atoms with E-state index in [4.69, 9.17) is 11.6 Å². The van der Waals surface area contributed by atoms with Crippen LogP contribution in [-0.4, -0.2) is 25.6 Å². The minimum absolute atomic E-state index is 0.137. The van der Waals surface area contributed by atoms with E-state index in [9.17, 15) is 13.2 Å². The van der Waals surface area contributed by atoms with E-state index in [1.807, 2.05) is 13.0 Å². The highest BCUT2D eigenvalue weighted by molar-refractivity contribution is 7.92. The smallest absolute Gasteiger partial charge is 0.258 e. The maximum Gasteiger partial charge on any atom is 0.258 e. The van der Waals surface area contributed by atoms with Crippen LogP contribution in [0.3, 0.4) is 0 Å². The predicted octanol–water partition coefficient (Wildman–Crippen LogP) is 2.67. The number of pyridine rings is 1. The molecule has 0 fully saturated rings. The Kier molecular flexibility index (Phi) is 4.68. The lowest BCUT2D eigenvalue weighted by Gasteiger charge is -2.09. The first-order chi connectivity index (χ1) is 10.2. The van der Waals surface area contributed by atoms with Crippen molar-refractivity contribution in [2.45, 2.75) is 6.92 Å².